The van der Waals surface area contributed by atoms with Gasteiger partial charge < -0.3 is 14.8 Å². The van der Waals surface area contributed by atoms with Crippen molar-refractivity contribution in [2.24, 2.45) is 5.92 Å². The van der Waals surface area contributed by atoms with Gasteiger partial charge >= 0.3 is 0 Å². The van der Waals surface area contributed by atoms with Crippen molar-refractivity contribution in [2.45, 2.75) is 18.8 Å². The van der Waals surface area contributed by atoms with Crippen LogP contribution in [0.3, 0.4) is 0 Å². The van der Waals surface area contributed by atoms with Crippen molar-refractivity contribution in [3.63, 3.8) is 0 Å². The summed E-state index contributed by atoms with van der Waals surface area (Å²) >= 11 is 0. The Bertz CT molecular complexity index is 1140. The van der Waals surface area contributed by atoms with Crippen molar-refractivity contribution < 1.29 is 19.2 Å². The fourth-order valence-corrected chi connectivity index (χ4v) is 4.26. The van der Waals surface area contributed by atoms with Gasteiger partial charge in [-0.1, -0.05) is 30.3 Å². The summed E-state index contributed by atoms with van der Waals surface area (Å²) in [7, 11) is 3.22. The number of nitrogens with zero attached hydrogens (tertiary/aromatic N) is 1. The van der Waals surface area contributed by atoms with Crippen LogP contribution in [-0.2, 0) is 10.2 Å². The number of anilines is 1. The van der Waals surface area contributed by atoms with E-state index in [9.17, 15) is 14.9 Å². The number of hydrogen-bond acceptors (Lipinski definition) is 5. The van der Waals surface area contributed by atoms with E-state index in [-0.39, 0.29) is 17.5 Å². The summed E-state index contributed by atoms with van der Waals surface area (Å²) in [6, 6.07) is 19.9. The van der Waals surface area contributed by atoms with Crippen LogP contribution in [0.25, 0.3) is 0 Å². The van der Waals surface area contributed by atoms with Gasteiger partial charge in [-0.25, -0.2) is 0 Å². The van der Waals surface area contributed by atoms with Crippen molar-refractivity contribution >= 4 is 17.3 Å². The molecule has 1 saturated carbocycles. The van der Waals surface area contributed by atoms with Crippen molar-refractivity contribution in [3.8, 4) is 11.5 Å². The molecule has 0 saturated heterocycles. The third-order valence-corrected chi connectivity index (χ3v) is 6.14. The lowest BCUT2D eigenvalue weighted by atomic mass is 9.85. The molecule has 1 atom stereocenters. The number of nitro benzene ring substituents is 1. The minimum Gasteiger partial charge on any atom is -0.497 e. The molecular weight excluding hydrogens is 408 g/mol. The van der Waals surface area contributed by atoms with Gasteiger partial charge in [0.05, 0.1) is 30.7 Å². The summed E-state index contributed by atoms with van der Waals surface area (Å²) in [5.74, 6) is 0.898. The Labute approximate surface area is 186 Å². The maximum Gasteiger partial charge on any atom is 0.271 e. The molecule has 0 unspecified atom stereocenters. The predicted molar refractivity (Wildman–Crippen MR) is 121 cm³/mol. The molecule has 0 spiro atoms. The first-order chi connectivity index (χ1) is 15.4. The topological polar surface area (TPSA) is 90.7 Å². The molecule has 3 aromatic carbocycles. The highest BCUT2D eigenvalue weighted by molar-refractivity contribution is 5.97. The number of non-ortho nitro benzene ring substituents is 1. The number of carbonyl (C=O) groups is 1. The Kier molecular flexibility index (Phi) is 5.57. The quantitative estimate of drug-likeness (QED) is 0.425. The maximum atomic E-state index is 13.3. The summed E-state index contributed by atoms with van der Waals surface area (Å²) in [5, 5.41) is 14.1. The number of amides is 1. The van der Waals surface area contributed by atoms with E-state index >= 15 is 0 Å². The molecule has 7 nitrogen and oxygen atoms in total. The average Bonchev–Trinajstić information content (AvgIpc) is 3.58. The van der Waals surface area contributed by atoms with Gasteiger partial charge in [0.25, 0.3) is 5.69 Å². The van der Waals surface area contributed by atoms with E-state index in [1.807, 2.05) is 55.5 Å². The summed E-state index contributed by atoms with van der Waals surface area (Å²) in [6.07, 6.45) is 0.604. The summed E-state index contributed by atoms with van der Waals surface area (Å²) in [4.78, 5) is 24.0. The lowest BCUT2D eigenvalue weighted by molar-refractivity contribution is -0.384. The number of hydrogen-bond donors (Lipinski definition) is 1. The first-order valence-electron chi connectivity index (χ1n) is 10.2. The normalized spacial score (nSPS) is 16.2. The third-order valence-electron chi connectivity index (χ3n) is 6.14. The van der Waals surface area contributed by atoms with Crippen LogP contribution >= 0.6 is 0 Å². The molecule has 1 fully saturated rings. The Hall–Kier alpha value is -3.87. The highest BCUT2D eigenvalue weighted by Crippen LogP contribution is 2.60. The molecule has 0 aliphatic heterocycles. The molecule has 1 aliphatic rings. The minimum absolute atomic E-state index is 0.0615. The first kappa shape index (κ1) is 21.4. The molecule has 32 heavy (non-hydrogen) atoms. The van der Waals surface area contributed by atoms with Gasteiger partial charge in [0, 0.05) is 17.5 Å². The molecule has 1 amide bonds. The molecule has 3 aromatic rings. The standard InChI is InChI=1S/C25H24N2O5/c1-16-10-11-19(27(29)30)14-23(16)26-24(28)22-15-25(22,17-6-4-8-20(12-17)31-2)18-7-5-9-21(13-18)32-3/h4-14,22H,15H2,1-3H3,(H,26,28)/t22-/m1/s1. The minimum atomic E-state index is -0.540. The smallest absolute Gasteiger partial charge is 0.271 e. The lowest BCUT2D eigenvalue weighted by Crippen LogP contribution is -2.22. The SMILES string of the molecule is COc1cccc(C2(c3cccc(OC)c3)C[C@@H]2C(=O)Nc2cc([N+](=O)[O-])ccc2C)c1. The average molecular weight is 432 g/mol. The van der Waals surface area contributed by atoms with Crippen LogP contribution in [-0.4, -0.2) is 25.1 Å². The van der Waals surface area contributed by atoms with Crippen LogP contribution < -0.4 is 14.8 Å². The van der Waals surface area contributed by atoms with Crippen LogP contribution in [0.4, 0.5) is 11.4 Å². The van der Waals surface area contributed by atoms with Crippen molar-refractivity contribution in [2.75, 3.05) is 19.5 Å². The number of benzene rings is 3. The van der Waals surface area contributed by atoms with Gasteiger partial charge in [0.15, 0.2) is 0 Å². The van der Waals surface area contributed by atoms with Crippen molar-refractivity contribution in [3.05, 3.63) is 93.5 Å². The van der Waals surface area contributed by atoms with E-state index in [1.165, 1.54) is 12.1 Å². The summed E-state index contributed by atoms with van der Waals surface area (Å²) in [5.41, 5.74) is 2.55. The van der Waals surface area contributed by atoms with E-state index in [4.69, 9.17) is 9.47 Å². The fourth-order valence-electron chi connectivity index (χ4n) is 4.26. The molecule has 0 bridgehead atoms. The fraction of sp³-hybridized carbons (Fsp3) is 0.240. The van der Waals surface area contributed by atoms with Crippen LogP contribution in [0, 0.1) is 23.0 Å². The van der Waals surface area contributed by atoms with Gasteiger partial charge in [-0.05, 0) is 54.3 Å². The van der Waals surface area contributed by atoms with E-state index < -0.39 is 10.3 Å². The molecule has 164 valence electrons. The Morgan fingerprint density at radius 2 is 1.59 bits per heavy atom. The molecule has 1 N–H and O–H groups in total. The molecule has 7 heteroatoms. The highest BCUT2D eigenvalue weighted by atomic mass is 16.6. The number of nitrogens with one attached hydrogen (secondary N) is 1. The lowest BCUT2D eigenvalue weighted by Gasteiger charge is -2.20. The maximum absolute atomic E-state index is 13.3. The van der Waals surface area contributed by atoms with E-state index in [2.05, 4.69) is 5.32 Å². The zero-order valence-corrected chi connectivity index (χ0v) is 18.1. The number of aryl methyl sites for hydroxylation is 1. The van der Waals surface area contributed by atoms with Gasteiger partial charge in [-0.3, -0.25) is 14.9 Å². The first-order valence-corrected chi connectivity index (χ1v) is 10.2. The van der Waals surface area contributed by atoms with Gasteiger partial charge in [0.2, 0.25) is 5.91 Å². The third kappa shape index (κ3) is 3.77. The van der Waals surface area contributed by atoms with Crippen molar-refractivity contribution in [1.29, 1.82) is 0 Å². The summed E-state index contributed by atoms with van der Waals surface area (Å²) < 4.78 is 10.8. The van der Waals surface area contributed by atoms with Crippen LogP contribution in [0.2, 0.25) is 0 Å². The van der Waals surface area contributed by atoms with Crippen LogP contribution in [0.15, 0.2) is 66.7 Å². The second kappa shape index (κ2) is 8.34. The molecule has 1 aliphatic carbocycles. The Morgan fingerprint density at radius 3 is 2.12 bits per heavy atom. The zero-order chi connectivity index (χ0) is 22.9. The molecule has 0 aromatic heterocycles. The second-order valence-corrected chi connectivity index (χ2v) is 7.94. The number of carbonyl (C=O) groups excluding carboxylic acids is 1. The van der Waals surface area contributed by atoms with Crippen LogP contribution in [0.1, 0.15) is 23.1 Å². The van der Waals surface area contributed by atoms with E-state index in [1.54, 1.807) is 20.3 Å². The zero-order valence-electron chi connectivity index (χ0n) is 18.1. The van der Waals surface area contributed by atoms with E-state index in [0.29, 0.717) is 23.6 Å². The highest BCUT2D eigenvalue weighted by Gasteiger charge is 2.60. The van der Waals surface area contributed by atoms with E-state index in [0.717, 1.165) is 16.7 Å². The molecule has 0 radical (unpaired) electrons. The number of methoxy groups -OCH3 is 2. The van der Waals surface area contributed by atoms with Gasteiger partial charge in [-0.2, -0.15) is 0 Å². The molecule has 0 heterocycles. The monoisotopic (exact) mass is 432 g/mol. The Balaban J connectivity index is 1.71. The number of nitro groups is 1. The van der Waals surface area contributed by atoms with Gasteiger partial charge in [-0.15, -0.1) is 0 Å². The molecule has 4 rings (SSSR count). The number of ether oxygens (including phenoxy) is 2. The second-order valence-electron chi connectivity index (χ2n) is 7.94. The van der Waals surface area contributed by atoms with Crippen molar-refractivity contribution in [1.82, 2.24) is 0 Å². The summed E-state index contributed by atoms with van der Waals surface area (Å²) in [6.45, 7) is 1.81. The van der Waals surface area contributed by atoms with Crippen LogP contribution in [0.5, 0.6) is 11.5 Å². The molecular formula is C25H24N2O5. The number of rotatable bonds is 7. The predicted octanol–water partition coefficient (Wildman–Crippen LogP) is 4.87. The Morgan fingerprint density at radius 1 is 1.00 bits per heavy atom. The largest absolute Gasteiger partial charge is 0.497 e. The van der Waals surface area contributed by atoms with Gasteiger partial charge in [0.1, 0.15) is 11.5 Å².